The van der Waals surface area contributed by atoms with E-state index in [0.29, 0.717) is 10.7 Å². The summed E-state index contributed by atoms with van der Waals surface area (Å²) in [6.07, 6.45) is 0.208. The highest BCUT2D eigenvalue weighted by atomic mass is 35.5. The van der Waals surface area contributed by atoms with E-state index in [-0.39, 0.29) is 30.4 Å². The van der Waals surface area contributed by atoms with Gasteiger partial charge in [0.25, 0.3) is 0 Å². The standard InChI is InChI=1S/C17H14ClFN2OS/c18-15-4-1-2-5-16(15)23-12-17(22)21(11-3-10-20)14-8-6-13(19)7-9-14/h1-2,4-9H,3,11-12H2. The van der Waals surface area contributed by atoms with Crippen LogP contribution in [0.2, 0.25) is 5.02 Å². The molecule has 2 rings (SSSR count). The Morgan fingerprint density at radius 1 is 1.22 bits per heavy atom. The van der Waals surface area contributed by atoms with Crippen molar-refractivity contribution in [1.29, 1.82) is 5.26 Å². The number of carbonyl (C=O) groups excluding carboxylic acids is 1. The van der Waals surface area contributed by atoms with Gasteiger partial charge in [-0.2, -0.15) is 5.26 Å². The first-order valence-corrected chi connectivity index (χ1v) is 8.28. The Kier molecular flexibility index (Phi) is 6.45. The van der Waals surface area contributed by atoms with E-state index < -0.39 is 0 Å². The van der Waals surface area contributed by atoms with Crippen LogP contribution in [0.1, 0.15) is 6.42 Å². The van der Waals surface area contributed by atoms with E-state index >= 15 is 0 Å². The fourth-order valence-electron chi connectivity index (χ4n) is 1.96. The number of carbonyl (C=O) groups is 1. The van der Waals surface area contributed by atoms with Crippen molar-refractivity contribution in [2.45, 2.75) is 11.3 Å². The van der Waals surface area contributed by atoms with Crippen molar-refractivity contribution in [3.8, 4) is 6.07 Å². The second-order valence-corrected chi connectivity index (χ2v) is 6.07. The third-order valence-corrected chi connectivity index (χ3v) is 4.57. The van der Waals surface area contributed by atoms with Gasteiger partial charge in [0.2, 0.25) is 5.91 Å². The normalized spacial score (nSPS) is 10.1. The molecule has 0 N–H and O–H groups in total. The summed E-state index contributed by atoms with van der Waals surface area (Å²) >= 11 is 7.41. The molecule has 23 heavy (non-hydrogen) atoms. The van der Waals surface area contributed by atoms with Crippen molar-refractivity contribution in [1.82, 2.24) is 0 Å². The number of benzene rings is 2. The average molecular weight is 349 g/mol. The number of nitrogens with zero attached hydrogens (tertiary/aromatic N) is 2. The molecule has 6 heteroatoms. The number of thioether (sulfide) groups is 1. The summed E-state index contributed by atoms with van der Waals surface area (Å²) in [5.74, 6) is -0.337. The molecule has 0 aliphatic carbocycles. The highest BCUT2D eigenvalue weighted by molar-refractivity contribution is 8.00. The molecule has 0 saturated heterocycles. The quantitative estimate of drug-likeness (QED) is 0.721. The maximum Gasteiger partial charge on any atom is 0.237 e. The molecule has 0 spiro atoms. The second kappa shape index (κ2) is 8.56. The van der Waals surface area contributed by atoms with Crippen molar-refractivity contribution >= 4 is 35.0 Å². The first-order valence-electron chi connectivity index (χ1n) is 6.92. The summed E-state index contributed by atoms with van der Waals surface area (Å²) in [5, 5.41) is 9.35. The lowest BCUT2D eigenvalue weighted by Gasteiger charge is -2.21. The molecular weight excluding hydrogens is 335 g/mol. The fourth-order valence-corrected chi connectivity index (χ4v) is 3.07. The van der Waals surface area contributed by atoms with Crippen molar-refractivity contribution in [3.05, 3.63) is 59.4 Å². The molecule has 2 aromatic carbocycles. The van der Waals surface area contributed by atoms with Gasteiger partial charge in [0.15, 0.2) is 0 Å². The highest BCUT2D eigenvalue weighted by Gasteiger charge is 2.16. The largest absolute Gasteiger partial charge is 0.311 e. The summed E-state index contributed by atoms with van der Waals surface area (Å²) in [6, 6.07) is 15.0. The Morgan fingerprint density at radius 3 is 2.57 bits per heavy atom. The van der Waals surface area contributed by atoms with Crippen LogP contribution in [0.5, 0.6) is 0 Å². The van der Waals surface area contributed by atoms with Crippen LogP contribution in [-0.4, -0.2) is 18.2 Å². The number of amides is 1. The van der Waals surface area contributed by atoms with Crippen molar-refractivity contribution in [2.24, 2.45) is 0 Å². The second-order valence-electron chi connectivity index (χ2n) is 4.65. The minimum Gasteiger partial charge on any atom is -0.311 e. The van der Waals surface area contributed by atoms with Crippen molar-refractivity contribution < 1.29 is 9.18 Å². The lowest BCUT2D eigenvalue weighted by Crippen LogP contribution is -2.33. The first-order chi connectivity index (χ1) is 11.1. The Bertz CT molecular complexity index is 715. The van der Waals surface area contributed by atoms with Gasteiger partial charge in [0.1, 0.15) is 5.82 Å². The van der Waals surface area contributed by atoms with E-state index in [1.807, 2.05) is 24.3 Å². The first kappa shape index (κ1) is 17.3. The summed E-state index contributed by atoms with van der Waals surface area (Å²) < 4.78 is 13.0. The summed E-state index contributed by atoms with van der Waals surface area (Å²) in [5.41, 5.74) is 0.575. The van der Waals surface area contributed by atoms with Gasteiger partial charge in [-0.25, -0.2) is 4.39 Å². The van der Waals surface area contributed by atoms with Gasteiger partial charge in [0, 0.05) is 17.1 Å². The van der Waals surface area contributed by atoms with Crippen LogP contribution >= 0.6 is 23.4 Å². The molecule has 0 aliphatic rings. The van der Waals surface area contributed by atoms with Crippen LogP contribution in [0, 0.1) is 17.1 Å². The molecule has 0 aromatic heterocycles. The number of halogens is 2. The summed E-state index contributed by atoms with van der Waals surface area (Å²) in [7, 11) is 0. The number of hydrogen-bond donors (Lipinski definition) is 0. The Morgan fingerprint density at radius 2 is 1.91 bits per heavy atom. The maximum absolute atomic E-state index is 13.0. The molecule has 1 amide bonds. The molecule has 0 saturated carbocycles. The minimum absolute atomic E-state index is 0.156. The predicted molar refractivity (Wildman–Crippen MR) is 91.2 cm³/mol. The number of rotatable bonds is 6. The number of anilines is 1. The number of nitriles is 1. The van der Waals surface area contributed by atoms with Crippen LogP contribution in [0.3, 0.4) is 0 Å². The van der Waals surface area contributed by atoms with Gasteiger partial charge < -0.3 is 4.90 Å². The average Bonchev–Trinajstić information content (AvgIpc) is 2.56. The molecule has 118 valence electrons. The van der Waals surface area contributed by atoms with E-state index in [4.69, 9.17) is 16.9 Å². The Balaban J connectivity index is 2.09. The monoisotopic (exact) mass is 348 g/mol. The van der Waals surface area contributed by atoms with Crippen LogP contribution in [0.4, 0.5) is 10.1 Å². The van der Waals surface area contributed by atoms with Crippen LogP contribution < -0.4 is 4.90 Å². The third-order valence-electron chi connectivity index (χ3n) is 3.07. The molecule has 0 aliphatic heterocycles. The van der Waals surface area contributed by atoms with Crippen LogP contribution in [0.15, 0.2) is 53.4 Å². The van der Waals surface area contributed by atoms with E-state index in [0.717, 1.165) is 4.90 Å². The lowest BCUT2D eigenvalue weighted by molar-refractivity contribution is -0.116. The zero-order chi connectivity index (χ0) is 16.7. The van der Waals surface area contributed by atoms with Gasteiger partial charge in [0.05, 0.1) is 23.3 Å². The minimum atomic E-state index is -0.369. The molecule has 0 unspecified atom stereocenters. The Labute approximate surface area is 143 Å². The highest BCUT2D eigenvalue weighted by Crippen LogP contribution is 2.27. The van der Waals surface area contributed by atoms with Gasteiger partial charge in [-0.3, -0.25) is 4.79 Å². The van der Waals surface area contributed by atoms with E-state index in [1.54, 1.807) is 6.07 Å². The van der Waals surface area contributed by atoms with Crippen LogP contribution in [-0.2, 0) is 4.79 Å². The SMILES string of the molecule is N#CCCN(C(=O)CSc1ccccc1Cl)c1ccc(F)cc1. The summed E-state index contributed by atoms with van der Waals surface area (Å²) in [6.45, 7) is 0.268. The van der Waals surface area contributed by atoms with Gasteiger partial charge in [-0.15, -0.1) is 11.8 Å². The zero-order valence-corrected chi connectivity index (χ0v) is 13.8. The summed E-state index contributed by atoms with van der Waals surface area (Å²) in [4.78, 5) is 14.8. The van der Waals surface area contributed by atoms with E-state index in [1.165, 1.54) is 40.9 Å². The van der Waals surface area contributed by atoms with E-state index in [9.17, 15) is 9.18 Å². The Hall–Kier alpha value is -2.03. The molecule has 0 atom stereocenters. The lowest BCUT2D eigenvalue weighted by atomic mass is 10.2. The number of hydrogen-bond acceptors (Lipinski definition) is 3. The fraction of sp³-hybridized carbons (Fsp3) is 0.176. The third kappa shape index (κ3) is 4.98. The van der Waals surface area contributed by atoms with E-state index in [2.05, 4.69) is 0 Å². The van der Waals surface area contributed by atoms with Crippen LogP contribution in [0.25, 0.3) is 0 Å². The zero-order valence-electron chi connectivity index (χ0n) is 12.2. The molecule has 2 aromatic rings. The van der Waals surface area contributed by atoms with Crippen molar-refractivity contribution in [2.75, 3.05) is 17.2 Å². The molecule has 0 bridgehead atoms. The molecule has 0 radical (unpaired) electrons. The predicted octanol–water partition coefficient (Wildman–Crippen LogP) is 4.52. The van der Waals surface area contributed by atoms with Gasteiger partial charge in [-0.1, -0.05) is 23.7 Å². The maximum atomic E-state index is 13.0. The molecule has 3 nitrogen and oxygen atoms in total. The smallest absolute Gasteiger partial charge is 0.237 e. The van der Waals surface area contributed by atoms with Gasteiger partial charge in [-0.05, 0) is 36.4 Å². The van der Waals surface area contributed by atoms with Crippen molar-refractivity contribution in [3.63, 3.8) is 0 Å². The van der Waals surface area contributed by atoms with Gasteiger partial charge >= 0.3 is 0 Å². The molecular formula is C17H14ClFN2OS. The molecule has 0 fully saturated rings. The molecule has 0 heterocycles. The topological polar surface area (TPSA) is 44.1 Å².